The first-order chi connectivity index (χ1) is 11.1. The van der Waals surface area contributed by atoms with Gasteiger partial charge in [-0.05, 0) is 49.4 Å². The van der Waals surface area contributed by atoms with Gasteiger partial charge in [-0.1, -0.05) is 36.0 Å². The van der Waals surface area contributed by atoms with Crippen LogP contribution in [0.25, 0.3) is 11.0 Å². The smallest absolute Gasteiger partial charge is 0.244 e. The molecule has 23 heavy (non-hydrogen) atoms. The predicted octanol–water partition coefficient (Wildman–Crippen LogP) is 4.01. The number of imidazole rings is 1. The summed E-state index contributed by atoms with van der Waals surface area (Å²) in [6, 6.07) is 13.9. The van der Waals surface area contributed by atoms with Crippen LogP contribution in [0.15, 0.2) is 47.6 Å². The second kappa shape index (κ2) is 6.46. The number of para-hydroxylation sites is 2. The van der Waals surface area contributed by atoms with Crippen LogP contribution in [0.3, 0.4) is 0 Å². The van der Waals surface area contributed by atoms with Gasteiger partial charge >= 0.3 is 0 Å². The summed E-state index contributed by atoms with van der Waals surface area (Å²) in [5.41, 5.74) is 4.95. The molecule has 0 atom stereocenters. The highest BCUT2D eigenvalue weighted by molar-refractivity contribution is 7.98. The molecule has 0 spiro atoms. The molecule has 118 valence electrons. The van der Waals surface area contributed by atoms with Crippen molar-refractivity contribution in [3.63, 3.8) is 0 Å². The number of thioether (sulfide) groups is 1. The maximum atomic E-state index is 12.5. The molecule has 0 aliphatic rings. The Balaban J connectivity index is 1.87. The largest absolute Gasteiger partial charge is 0.324 e. The van der Waals surface area contributed by atoms with Gasteiger partial charge in [0.1, 0.15) is 6.54 Å². The Kier molecular flexibility index (Phi) is 4.39. The van der Waals surface area contributed by atoms with Crippen LogP contribution < -0.4 is 5.32 Å². The first kappa shape index (κ1) is 15.6. The van der Waals surface area contributed by atoms with Crippen molar-refractivity contribution in [3.8, 4) is 0 Å². The molecule has 1 aromatic heterocycles. The Morgan fingerprint density at radius 1 is 1.22 bits per heavy atom. The van der Waals surface area contributed by atoms with E-state index >= 15 is 0 Å². The summed E-state index contributed by atoms with van der Waals surface area (Å²) in [5, 5.41) is 3.86. The molecular weight excluding hydrogens is 306 g/mol. The normalized spacial score (nSPS) is 10.9. The number of carbonyl (C=O) groups excluding carboxylic acids is 1. The topological polar surface area (TPSA) is 46.9 Å². The highest BCUT2D eigenvalue weighted by Crippen LogP contribution is 2.23. The number of anilines is 1. The van der Waals surface area contributed by atoms with Crippen LogP contribution in [0.4, 0.5) is 5.69 Å². The van der Waals surface area contributed by atoms with Crippen molar-refractivity contribution in [2.45, 2.75) is 25.5 Å². The number of hydrogen-bond donors (Lipinski definition) is 1. The predicted molar refractivity (Wildman–Crippen MR) is 96.1 cm³/mol. The molecule has 1 amide bonds. The molecule has 3 rings (SSSR count). The lowest BCUT2D eigenvalue weighted by molar-refractivity contribution is -0.116. The van der Waals surface area contributed by atoms with Crippen LogP contribution in [0, 0.1) is 13.8 Å². The fourth-order valence-corrected chi connectivity index (χ4v) is 3.14. The molecule has 0 aliphatic carbocycles. The zero-order valence-electron chi connectivity index (χ0n) is 13.5. The average molecular weight is 325 g/mol. The SMILES string of the molecule is CSc1nc2ccccc2n1CC(=O)Nc1cc(C)ccc1C. The minimum Gasteiger partial charge on any atom is -0.324 e. The van der Waals surface area contributed by atoms with Crippen LogP contribution in [0.2, 0.25) is 0 Å². The first-order valence-corrected chi connectivity index (χ1v) is 8.67. The molecule has 2 aromatic carbocycles. The van der Waals surface area contributed by atoms with Crippen molar-refractivity contribution in [1.82, 2.24) is 9.55 Å². The van der Waals surface area contributed by atoms with E-state index in [0.29, 0.717) is 0 Å². The van der Waals surface area contributed by atoms with Gasteiger partial charge in [0.05, 0.1) is 11.0 Å². The zero-order valence-corrected chi connectivity index (χ0v) is 14.3. The van der Waals surface area contributed by atoms with E-state index in [0.717, 1.165) is 33.0 Å². The van der Waals surface area contributed by atoms with Gasteiger partial charge in [-0.15, -0.1) is 0 Å². The molecule has 0 bridgehead atoms. The Morgan fingerprint density at radius 3 is 2.78 bits per heavy atom. The second-order valence-corrected chi connectivity index (χ2v) is 6.31. The molecule has 0 unspecified atom stereocenters. The van der Waals surface area contributed by atoms with Crippen LogP contribution in [-0.4, -0.2) is 21.7 Å². The summed E-state index contributed by atoms with van der Waals surface area (Å²) < 4.78 is 1.96. The van der Waals surface area contributed by atoms with E-state index in [9.17, 15) is 4.79 Å². The third-order valence-electron chi connectivity index (χ3n) is 3.77. The van der Waals surface area contributed by atoms with Crippen LogP contribution in [0.1, 0.15) is 11.1 Å². The molecule has 0 aliphatic heterocycles. The van der Waals surface area contributed by atoms with Crippen molar-refractivity contribution >= 4 is 34.4 Å². The van der Waals surface area contributed by atoms with Gasteiger partial charge in [0.2, 0.25) is 5.91 Å². The van der Waals surface area contributed by atoms with Gasteiger partial charge in [-0.2, -0.15) is 0 Å². The number of fused-ring (bicyclic) bond motifs is 1. The second-order valence-electron chi connectivity index (χ2n) is 5.54. The molecule has 5 heteroatoms. The van der Waals surface area contributed by atoms with Crippen LogP contribution >= 0.6 is 11.8 Å². The summed E-state index contributed by atoms with van der Waals surface area (Å²) in [7, 11) is 0. The van der Waals surface area contributed by atoms with E-state index in [1.165, 1.54) is 0 Å². The monoisotopic (exact) mass is 325 g/mol. The number of aryl methyl sites for hydroxylation is 2. The molecule has 0 saturated heterocycles. The lowest BCUT2D eigenvalue weighted by Gasteiger charge is -2.11. The zero-order chi connectivity index (χ0) is 16.4. The molecule has 1 heterocycles. The number of benzene rings is 2. The van der Waals surface area contributed by atoms with Crippen molar-refractivity contribution in [2.24, 2.45) is 0 Å². The molecule has 1 N–H and O–H groups in total. The molecular formula is C18H19N3OS. The van der Waals surface area contributed by atoms with Gasteiger partial charge < -0.3 is 9.88 Å². The van der Waals surface area contributed by atoms with E-state index in [-0.39, 0.29) is 12.5 Å². The number of nitrogens with one attached hydrogen (secondary N) is 1. The first-order valence-electron chi connectivity index (χ1n) is 7.45. The standard InChI is InChI=1S/C18H19N3OS/c1-12-8-9-13(2)15(10-12)19-17(22)11-21-16-7-5-4-6-14(16)20-18(21)23-3/h4-10H,11H2,1-3H3,(H,19,22). The van der Waals surface area contributed by atoms with Gasteiger partial charge in [0.25, 0.3) is 0 Å². The van der Waals surface area contributed by atoms with Crippen LogP contribution in [0.5, 0.6) is 0 Å². The molecule has 3 aromatic rings. The van der Waals surface area contributed by atoms with E-state index < -0.39 is 0 Å². The highest BCUT2D eigenvalue weighted by Gasteiger charge is 2.13. The number of nitrogens with zero attached hydrogens (tertiary/aromatic N) is 2. The maximum Gasteiger partial charge on any atom is 0.244 e. The average Bonchev–Trinajstić information content (AvgIpc) is 2.89. The molecule has 4 nitrogen and oxygen atoms in total. The van der Waals surface area contributed by atoms with Gasteiger partial charge in [0.15, 0.2) is 5.16 Å². The number of hydrogen-bond acceptors (Lipinski definition) is 3. The minimum absolute atomic E-state index is 0.0443. The summed E-state index contributed by atoms with van der Waals surface area (Å²) in [6.07, 6.45) is 1.97. The van der Waals surface area contributed by atoms with Crippen LogP contribution in [-0.2, 0) is 11.3 Å². The maximum absolute atomic E-state index is 12.5. The van der Waals surface area contributed by atoms with Gasteiger partial charge in [-0.3, -0.25) is 4.79 Å². The lowest BCUT2D eigenvalue weighted by atomic mass is 10.1. The number of rotatable bonds is 4. The third-order valence-corrected chi connectivity index (χ3v) is 4.45. The number of aromatic nitrogens is 2. The van der Waals surface area contributed by atoms with Gasteiger partial charge in [0, 0.05) is 5.69 Å². The third kappa shape index (κ3) is 3.24. The Morgan fingerprint density at radius 2 is 2.00 bits per heavy atom. The Hall–Kier alpha value is -2.27. The highest BCUT2D eigenvalue weighted by atomic mass is 32.2. The fraction of sp³-hybridized carbons (Fsp3) is 0.222. The van der Waals surface area contributed by atoms with Crippen molar-refractivity contribution in [1.29, 1.82) is 0 Å². The summed E-state index contributed by atoms with van der Waals surface area (Å²) in [5.74, 6) is -0.0443. The van der Waals surface area contributed by atoms with Crippen molar-refractivity contribution in [3.05, 3.63) is 53.6 Å². The van der Waals surface area contributed by atoms with E-state index in [2.05, 4.69) is 10.3 Å². The molecule has 0 saturated carbocycles. The molecule has 0 fully saturated rings. The quantitative estimate of drug-likeness (QED) is 0.737. The summed E-state index contributed by atoms with van der Waals surface area (Å²) in [4.78, 5) is 17.1. The van der Waals surface area contributed by atoms with E-state index in [4.69, 9.17) is 0 Å². The summed E-state index contributed by atoms with van der Waals surface area (Å²) >= 11 is 1.55. The van der Waals surface area contributed by atoms with Crippen molar-refractivity contribution in [2.75, 3.05) is 11.6 Å². The lowest BCUT2D eigenvalue weighted by Crippen LogP contribution is -2.19. The van der Waals surface area contributed by atoms with E-state index in [1.54, 1.807) is 11.8 Å². The fourth-order valence-electron chi connectivity index (χ4n) is 2.57. The Bertz CT molecular complexity index is 870. The van der Waals surface area contributed by atoms with Gasteiger partial charge in [-0.25, -0.2) is 4.98 Å². The van der Waals surface area contributed by atoms with E-state index in [1.807, 2.05) is 67.1 Å². The number of amides is 1. The number of carbonyl (C=O) groups is 1. The Labute approximate surface area is 139 Å². The molecule has 0 radical (unpaired) electrons. The summed E-state index contributed by atoms with van der Waals surface area (Å²) in [6.45, 7) is 4.27. The van der Waals surface area contributed by atoms with Crippen molar-refractivity contribution < 1.29 is 4.79 Å². The minimum atomic E-state index is -0.0443.